The first-order valence-corrected chi connectivity index (χ1v) is 9.58. The lowest BCUT2D eigenvalue weighted by atomic mass is 9.52. The molecule has 2 atom stereocenters. The number of halogens is 1. The fourth-order valence-corrected chi connectivity index (χ4v) is 5.44. The van der Waals surface area contributed by atoms with E-state index in [4.69, 9.17) is 16.7 Å². The molecule has 0 saturated heterocycles. The lowest BCUT2D eigenvalue weighted by Gasteiger charge is -2.49. The molecule has 1 unspecified atom stereocenters. The van der Waals surface area contributed by atoms with Crippen molar-refractivity contribution in [1.29, 1.82) is 5.26 Å². The number of hydrogen-bond acceptors (Lipinski definition) is 3. The molecule has 5 heteroatoms. The Morgan fingerprint density at radius 2 is 2.00 bits per heavy atom. The summed E-state index contributed by atoms with van der Waals surface area (Å²) in [6.07, 6.45) is 3.57. The number of benzene rings is 1. The van der Waals surface area contributed by atoms with E-state index < -0.39 is 10.8 Å². The van der Waals surface area contributed by atoms with E-state index in [0.717, 1.165) is 29.8 Å². The number of Topliss-reactive ketones (excluding diaryl/α,β-unsaturated/α-hetero) is 1. The van der Waals surface area contributed by atoms with Gasteiger partial charge in [-0.05, 0) is 24.8 Å². The first kappa shape index (κ1) is 18.0. The Bertz CT molecular complexity index is 1040. The van der Waals surface area contributed by atoms with Crippen LogP contribution in [0.2, 0.25) is 5.02 Å². The van der Waals surface area contributed by atoms with Crippen LogP contribution in [-0.4, -0.2) is 15.6 Å². The summed E-state index contributed by atoms with van der Waals surface area (Å²) in [6.45, 7) is 6.04. The fourth-order valence-electron chi connectivity index (χ4n) is 5.21. The van der Waals surface area contributed by atoms with Crippen molar-refractivity contribution < 1.29 is 4.79 Å². The Balaban J connectivity index is 1.98. The molecule has 4 rings (SSSR count). The normalized spacial score (nSPS) is 26.0. The summed E-state index contributed by atoms with van der Waals surface area (Å²) in [4.78, 5) is 12.8. The summed E-state index contributed by atoms with van der Waals surface area (Å²) in [7, 11) is 1.93. The number of allylic oxidation sites excluding steroid dienone is 2. The summed E-state index contributed by atoms with van der Waals surface area (Å²) in [5, 5.41) is 15.1. The Kier molecular flexibility index (Phi) is 3.87. The van der Waals surface area contributed by atoms with Crippen LogP contribution in [-0.2, 0) is 23.7 Å². The number of nitrogens with zero attached hydrogens (tertiary/aromatic N) is 3. The molecule has 2 aromatic rings. The monoisotopic (exact) mass is 379 g/mol. The second-order valence-corrected chi connectivity index (χ2v) is 8.78. The van der Waals surface area contributed by atoms with Crippen molar-refractivity contribution in [2.75, 3.05) is 0 Å². The van der Waals surface area contributed by atoms with Crippen LogP contribution in [0, 0.1) is 22.7 Å². The molecule has 0 bridgehead atoms. The van der Waals surface area contributed by atoms with Gasteiger partial charge in [0.15, 0.2) is 5.78 Å². The van der Waals surface area contributed by atoms with Crippen molar-refractivity contribution in [1.82, 2.24) is 9.78 Å². The van der Waals surface area contributed by atoms with Crippen LogP contribution in [0.15, 0.2) is 35.9 Å². The van der Waals surface area contributed by atoms with Crippen molar-refractivity contribution in [3.8, 4) is 17.3 Å². The maximum absolute atomic E-state index is 12.8. The molecule has 27 heavy (non-hydrogen) atoms. The molecule has 1 aromatic carbocycles. The van der Waals surface area contributed by atoms with Gasteiger partial charge in [0.05, 0.1) is 17.0 Å². The van der Waals surface area contributed by atoms with E-state index in [-0.39, 0.29) is 17.3 Å². The van der Waals surface area contributed by atoms with Crippen molar-refractivity contribution in [3.63, 3.8) is 0 Å². The lowest BCUT2D eigenvalue weighted by molar-refractivity contribution is -0.128. The van der Waals surface area contributed by atoms with Crippen LogP contribution >= 0.6 is 11.6 Å². The third-order valence-corrected chi connectivity index (χ3v) is 6.79. The minimum atomic E-state index is -0.589. The van der Waals surface area contributed by atoms with Crippen LogP contribution < -0.4 is 0 Å². The second kappa shape index (κ2) is 5.81. The van der Waals surface area contributed by atoms with Gasteiger partial charge in [0.25, 0.3) is 0 Å². The van der Waals surface area contributed by atoms with E-state index in [1.54, 1.807) is 0 Å². The largest absolute Gasteiger partial charge is 0.293 e. The Hall–Kier alpha value is -2.38. The molecule has 2 aliphatic rings. The molecule has 0 spiro atoms. The highest BCUT2D eigenvalue weighted by atomic mass is 35.5. The topological polar surface area (TPSA) is 58.7 Å². The number of rotatable bonds is 1. The zero-order valence-corrected chi connectivity index (χ0v) is 16.8. The molecule has 0 radical (unpaired) electrons. The van der Waals surface area contributed by atoms with Gasteiger partial charge in [-0.25, -0.2) is 0 Å². The highest BCUT2D eigenvalue weighted by Gasteiger charge is 2.55. The van der Waals surface area contributed by atoms with Gasteiger partial charge in [-0.1, -0.05) is 56.6 Å². The maximum Gasteiger partial charge on any atom is 0.178 e. The van der Waals surface area contributed by atoms with Crippen LogP contribution in [0.4, 0.5) is 0 Å². The minimum absolute atomic E-state index is 0.0572. The van der Waals surface area contributed by atoms with Crippen molar-refractivity contribution >= 4 is 17.4 Å². The third kappa shape index (κ3) is 2.34. The average Bonchev–Trinajstić information content (AvgIpc) is 2.96. The maximum atomic E-state index is 12.8. The predicted molar refractivity (Wildman–Crippen MR) is 105 cm³/mol. The third-order valence-electron chi connectivity index (χ3n) is 6.46. The highest BCUT2D eigenvalue weighted by molar-refractivity contribution is 6.33. The number of aromatic nitrogens is 2. The number of carbonyl (C=O) groups is 1. The summed E-state index contributed by atoms with van der Waals surface area (Å²) in [5.74, 6) is 0.0503. The van der Waals surface area contributed by atoms with Crippen molar-refractivity contribution in [2.24, 2.45) is 18.4 Å². The van der Waals surface area contributed by atoms with E-state index in [1.807, 2.05) is 55.9 Å². The van der Waals surface area contributed by atoms with E-state index in [2.05, 4.69) is 13.0 Å². The first-order chi connectivity index (χ1) is 12.7. The molecule has 0 aliphatic heterocycles. The summed E-state index contributed by atoms with van der Waals surface area (Å²) < 4.78 is 1.89. The molecule has 4 nitrogen and oxygen atoms in total. The van der Waals surface area contributed by atoms with Gasteiger partial charge >= 0.3 is 0 Å². The van der Waals surface area contributed by atoms with Gasteiger partial charge in [0.2, 0.25) is 0 Å². The number of hydrogen-bond donors (Lipinski definition) is 0. The van der Waals surface area contributed by atoms with E-state index in [0.29, 0.717) is 5.02 Å². The van der Waals surface area contributed by atoms with Crippen molar-refractivity contribution in [3.05, 3.63) is 52.2 Å². The number of fused-ring (bicyclic) bond motifs is 3. The zero-order chi connectivity index (χ0) is 19.6. The van der Waals surface area contributed by atoms with Gasteiger partial charge in [-0.15, -0.1) is 0 Å². The lowest BCUT2D eigenvalue weighted by Crippen LogP contribution is -2.51. The molecule has 0 saturated carbocycles. The van der Waals surface area contributed by atoms with Crippen LogP contribution in [0.5, 0.6) is 0 Å². The quantitative estimate of drug-likeness (QED) is 0.726. The standard InChI is InChI=1S/C22H22ClN3O/c1-21(2)17-10-9-15-18(14-7-5-6-8-16(14)23)26(4)25-19(15)22(17,3)11-13(12-24)20(21)27/h5-8,11,17H,9-10H2,1-4H3/t17?,22-/m0/s1. The number of carbonyl (C=O) groups excluding carboxylic acids is 1. The molecule has 0 fully saturated rings. The van der Waals surface area contributed by atoms with Crippen LogP contribution in [0.25, 0.3) is 11.3 Å². The summed E-state index contributed by atoms with van der Waals surface area (Å²) >= 11 is 6.47. The molecule has 0 amide bonds. The van der Waals surface area contributed by atoms with E-state index >= 15 is 0 Å². The van der Waals surface area contributed by atoms with Gasteiger partial charge in [0, 0.05) is 34.0 Å². The zero-order valence-electron chi connectivity index (χ0n) is 16.0. The second-order valence-electron chi connectivity index (χ2n) is 8.37. The molecule has 1 aromatic heterocycles. The van der Waals surface area contributed by atoms with Gasteiger partial charge < -0.3 is 0 Å². The Morgan fingerprint density at radius 1 is 1.30 bits per heavy atom. The number of ketones is 1. The number of nitriles is 1. The SMILES string of the molecule is Cn1nc2c(c1-c1ccccc1Cl)CCC1C(C)(C)C(=O)C(C#N)=C[C@]21C. The molecule has 2 aliphatic carbocycles. The van der Waals surface area contributed by atoms with Crippen LogP contribution in [0.1, 0.15) is 38.4 Å². The Labute approximate surface area is 164 Å². The van der Waals surface area contributed by atoms with Crippen LogP contribution in [0.3, 0.4) is 0 Å². The van der Waals surface area contributed by atoms with E-state index in [1.165, 1.54) is 5.56 Å². The fraction of sp³-hybridized carbons (Fsp3) is 0.409. The molecular formula is C22H22ClN3O. The Morgan fingerprint density at radius 3 is 2.67 bits per heavy atom. The van der Waals surface area contributed by atoms with E-state index in [9.17, 15) is 10.1 Å². The average molecular weight is 380 g/mol. The first-order valence-electron chi connectivity index (χ1n) is 9.20. The van der Waals surface area contributed by atoms with Crippen molar-refractivity contribution in [2.45, 2.75) is 39.0 Å². The molecule has 1 heterocycles. The minimum Gasteiger partial charge on any atom is -0.293 e. The van der Waals surface area contributed by atoms with Gasteiger partial charge in [-0.3, -0.25) is 9.48 Å². The summed E-state index contributed by atoms with van der Waals surface area (Å²) in [6, 6.07) is 9.91. The number of aryl methyl sites for hydroxylation is 1. The molecule has 138 valence electrons. The smallest absolute Gasteiger partial charge is 0.178 e. The summed E-state index contributed by atoms with van der Waals surface area (Å²) in [5.41, 5.74) is 3.33. The molecule has 0 N–H and O–H groups in total. The van der Waals surface area contributed by atoms with Gasteiger partial charge in [-0.2, -0.15) is 10.4 Å². The van der Waals surface area contributed by atoms with Gasteiger partial charge in [0.1, 0.15) is 6.07 Å². The highest BCUT2D eigenvalue weighted by Crippen LogP contribution is 2.55. The predicted octanol–water partition coefficient (Wildman–Crippen LogP) is 4.62. The molecular weight excluding hydrogens is 358 g/mol.